The lowest BCUT2D eigenvalue weighted by Crippen LogP contribution is -1.98. The Labute approximate surface area is 145 Å². The van der Waals surface area contributed by atoms with Gasteiger partial charge in [0.25, 0.3) is 0 Å². The maximum Gasteiger partial charge on any atom is 0.335 e. The third kappa shape index (κ3) is 2.52. The van der Waals surface area contributed by atoms with E-state index in [1.54, 1.807) is 24.4 Å². The van der Waals surface area contributed by atoms with E-state index >= 15 is 0 Å². The van der Waals surface area contributed by atoms with Gasteiger partial charge < -0.3 is 19.9 Å². The number of rotatable bonds is 3. The van der Waals surface area contributed by atoms with E-state index in [1.165, 1.54) is 0 Å². The molecule has 0 bridgehead atoms. The summed E-state index contributed by atoms with van der Waals surface area (Å²) in [6.45, 7) is 0.218. The number of hydrogen-bond acceptors (Lipinski definition) is 5. The van der Waals surface area contributed by atoms with Crippen LogP contribution < -0.4 is 14.8 Å². The van der Waals surface area contributed by atoms with Crippen molar-refractivity contribution < 1.29 is 19.4 Å². The van der Waals surface area contributed by atoms with E-state index in [2.05, 4.69) is 26.2 Å². The van der Waals surface area contributed by atoms with Crippen LogP contribution in [0.25, 0.3) is 10.8 Å². The van der Waals surface area contributed by atoms with Crippen molar-refractivity contribution in [3.05, 3.63) is 52.6 Å². The maximum atomic E-state index is 11.2. The first-order valence-electron chi connectivity index (χ1n) is 7.10. The maximum absolute atomic E-state index is 11.2. The Morgan fingerprint density at radius 3 is 2.79 bits per heavy atom. The first-order chi connectivity index (χ1) is 11.6. The van der Waals surface area contributed by atoms with E-state index in [0.717, 1.165) is 20.9 Å². The second-order valence-electron chi connectivity index (χ2n) is 5.21. The number of carbonyl (C=O) groups is 1. The lowest BCUT2D eigenvalue weighted by Gasteiger charge is -2.11. The van der Waals surface area contributed by atoms with E-state index < -0.39 is 5.97 Å². The first kappa shape index (κ1) is 14.8. The third-order valence-electron chi connectivity index (χ3n) is 3.72. The van der Waals surface area contributed by atoms with Crippen LogP contribution in [-0.4, -0.2) is 22.9 Å². The smallest absolute Gasteiger partial charge is 0.335 e. The Hall–Kier alpha value is -2.80. The number of ether oxygens (including phenoxy) is 2. The number of carboxylic acid groups (broad SMARTS) is 1. The molecular formula is C17H11BrN2O4. The van der Waals surface area contributed by atoms with Gasteiger partial charge in [-0.15, -0.1) is 0 Å². The summed E-state index contributed by atoms with van der Waals surface area (Å²) in [7, 11) is 0. The molecule has 2 aromatic carbocycles. The fourth-order valence-electron chi connectivity index (χ4n) is 2.55. The van der Waals surface area contributed by atoms with E-state index in [1.807, 2.05) is 18.2 Å². The number of carboxylic acids is 1. The van der Waals surface area contributed by atoms with Gasteiger partial charge in [0.2, 0.25) is 6.79 Å². The van der Waals surface area contributed by atoms with E-state index in [4.69, 9.17) is 14.6 Å². The molecule has 0 aliphatic carbocycles. The quantitative estimate of drug-likeness (QED) is 0.702. The van der Waals surface area contributed by atoms with Gasteiger partial charge in [-0.05, 0) is 46.3 Å². The van der Waals surface area contributed by atoms with Crippen LogP contribution in [0.2, 0.25) is 0 Å². The molecule has 0 saturated carbocycles. The molecule has 6 nitrogen and oxygen atoms in total. The van der Waals surface area contributed by atoms with Crippen LogP contribution in [0.3, 0.4) is 0 Å². The zero-order valence-electron chi connectivity index (χ0n) is 12.2. The molecule has 0 radical (unpaired) electrons. The van der Waals surface area contributed by atoms with Gasteiger partial charge in [-0.3, -0.25) is 0 Å². The minimum atomic E-state index is -0.967. The number of aromatic carboxylic acids is 1. The number of anilines is 2. The fraction of sp³-hybridized carbons (Fsp3) is 0.0588. The SMILES string of the molecule is O=C(O)c1ccc2c(Nc3ccc4c(c3)OCO4)ncc(Br)c2c1. The molecule has 0 fully saturated rings. The highest BCUT2D eigenvalue weighted by Crippen LogP contribution is 2.36. The van der Waals surface area contributed by atoms with Gasteiger partial charge in [-0.2, -0.15) is 0 Å². The normalized spacial score (nSPS) is 12.4. The Morgan fingerprint density at radius 1 is 1.12 bits per heavy atom. The number of nitrogens with one attached hydrogen (secondary N) is 1. The molecule has 0 spiro atoms. The molecule has 0 amide bonds. The van der Waals surface area contributed by atoms with Gasteiger partial charge in [-0.25, -0.2) is 9.78 Å². The number of halogens is 1. The van der Waals surface area contributed by atoms with Gasteiger partial charge in [0.05, 0.1) is 5.56 Å². The Kier molecular flexibility index (Phi) is 3.50. The summed E-state index contributed by atoms with van der Waals surface area (Å²) in [5, 5.41) is 14.0. The Bertz CT molecular complexity index is 974. The molecule has 0 atom stereocenters. The molecule has 1 aliphatic rings. The number of nitrogens with zero attached hydrogens (tertiary/aromatic N) is 1. The molecule has 0 saturated heterocycles. The number of benzene rings is 2. The largest absolute Gasteiger partial charge is 0.478 e. The molecule has 7 heteroatoms. The molecule has 1 aromatic heterocycles. The van der Waals surface area contributed by atoms with Crippen LogP contribution in [0.15, 0.2) is 47.1 Å². The van der Waals surface area contributed by atoms with Crippen molar-refractivity contribution in [3.63, 3.8) is 0 Å². The highest BCUT2D eigenvalue weighted by Gasteiger charge is 2.15. The zero-order chi connectivity index (χ0) is 16.7. The van der Waals surface area contributed by atoms with Gasteiger partial charge in [-0.1, -0.05) is 0 Å². The van der Waals surface area contributed by atoms with Gasteiger partial charge in [0.1, 0.15) is 5.82 Å². The molecular weight excluding hydrogens is 376 g/mol. The molecule has 2 N–H and O–H groups in total. The van der Waals surface area contributed by atoms with Crippen LogP contribution in [0.1, 0.15) is 10.4 Å². The van der Waals surface area contributed by atoms with Gasteiger partial charge >= 0.3 is 5.97 Å². The van der Waals surface area contributed by atoms with Gasteiger partial charge in [0.15, 0.2) is 11.5 Å². The highest BCUT2D eigenvalue weighted by atomic mass is 79.9. The van der Waals surface area contributed by atoms with Crippen molar-refractivity contribution in [1.29, 1.82) is 0 Å². The van der Waals surface area contributed by atoms with E-state index in [9.17, 15) is 4.79 Å². The van der Waals surface area contributed by atoms with Crippen molar-refractivity contribution >= 4 is 44.2 Å². The number of hydrogen-bond donors (Lipinski definition) is 2. The summed E-state index contributed by atoms with van der Waals surface area (Å²) in [6, 6.07) is 10.5. The van der Waals surface area contributed by atoms with Crippen LogP contribution in [-0.2, 0) is 0 Å². The minimum absolute atomic E-state index is 0.218. The van der Waals surface area contributed by atoms with Crippen molar-refractivity contribution in [1.82, 2.24) is 4.98 Å². The third-order valence-corrected chi connectivity index (χ3v) is 4.35. The second-order valence-corrected chi connectivity index (χ2v) is 6.07. The predicted octanol–water partition coefficient (Wildman–Crippen LogP) is 4.17. The lowest BCUT2D eigenvalue weighted by atomic mass is 10.1. The predicted molar refractivity (Wildman–Crippen MR) is 92.3 cm³/mol. The average molecular weight is 387 g/mol. The monoisotopic (exact) mass is 386 g/mol. The van der Waals surface area contributed by atoms with Crippen LogP contribution in [0, 0.1) is 0 Å². The molecule has 2 heterocycles. The summed E-state index contributed by atoms with van der Waals surface area (Å²) in [5.74, 6) is 1.05. The summed E-state index contributed by atoms with van der Waals surface area (Å²) >= 11 is 3.42. The highest BCUT2D eigenvalue weighted by molar-refractivity contribution is 9.10. The molecule has 24 heavy (non-hydrogen) atoms. The van der Waals surface area contributed by atoms with Crippen molar-refractivity contribution in [2.45, 2.75) is 0 Å². The minimum Gasteiger partial charge on any atom is -0.478 e. The van der Waals surface area contributed by atoms with Crippen LogP contribution in [0.5, 0.6) is 11.5 Å². The molecule has 120 valence electrons. The van der Waals surface area contributed by atoms with Crippen molar-refractivity contribution in [3.8, 4) is 11.5 Å². The molecule has 1 aliphatic heterocycles. The number of aromatic nitrogens is 1. The topological polar surface area (TPSA) is 80.7 Å². The summed E-state index contributed by atoms with van der Waals surface area (Å²) in [5.41, 5.74) is 1.03. The molecule has 4 rings (SSSR count). The summed E-state index contributed by atoms with van der Waals surface area (Å²) in [6.07, 6.45) is 1.64. The number of fused-ring (bicyclic) bond motifs is 2. The molecule has 0 unspecified atom stereocenters. The Balaban J connectivity index is 1.77. The Morgan fingerprint density at radius 2 is 1.96 bits per heavy atom. The number of pyridine rings is 1. The summed E-state index contributed by atoms with van der Waals surface area (Å²) < 4.78 is 11.4. The van der Waals surface area contributed by atoms with Crippen LogP contribution >= 0.6 is 15.9 Å². The van der Waals surface area contributed by atoms with Gasteiger partial charge in [0, 0.05) is 33.2 Å². The molecule has 3 aromatic rings. The second kappa shape index (κ2) is 5.68. The lowest BCUT2D eigenvalue weighted by molar-refractivity contribution is 0.0697. The van der Waals surface area contributed by atoms with Crippen molar-refractivity contribution in [2.75, 3.05) is 12.1 Å². The first-order valence-corrected chi connectivity index (χ1v) is 7.89. The zero-order valence-corrected chi connectivity index (χ0v) is 13.8. The fourth-order valence-corrected chi connectivity index (χ4v) is 2.98. The van der Waals surface area contributed by atoms with E-state index in [0.29, 0.717) is 17.3 Å². The summed E-state index contributed by atoms with van der Waals surface area (Å²) in [4.78, 5) is 15.6. The van der Waals surface area contributed by atoms with Crippen LogP contribution in [0.4, 0.5) is 11.5 Å². The standard InChI is InChI=1S/C17H11BrN2O4/c18-13-7-19-16(11-3-1-9(17(21)22)5-12(11)13)20-10-2-4-14-15(6-10)24-8-23-14/h1-7H,8H2,(H,19,20)(H,21,22). The van der Waals surface area contributed by atoms with E-state index in [-0.39, 0.29) is 12.4 Å². The van der Waals surface area contributed by atoms with Crippen molar-refractivity contribution in [2.24, 2.45) is 0 Å². The average Bonchev–Trinajstić information content (AvgIpc) is 3.05.